The zero-order valence-electron chi connectivity index (χ0n) is 6.37. The highest BCUT2D eigenvalue weighted by molar-refractivity contribution is 9.10. The first-order valence-corrected chi connectivity index (χ1v) is 4.06. The quantitative estimate of drug-likeness (QED) is 0.483. The van der Waals surface area contributed by atoms with Crippen LogP contribution in [0.1, 0.15) is 5.56 Å². The number of nitrogens with one attached hydrogen (secondary N) is 1. The second kappa shape index (κ2) is 3.53. The summed E-state index contributed by atoms with van der Waals surface area (Å²) in [5, 5.41) is 10.5. The van der Waals surface area contributed by atoms with Crippen LogP contribution in [0.2, 0.25) is 0 Å². The van der Waals surface area contributed by atoms with Crippen molar-refractivity contribution in [2.75, 3.05) is 4.34 Å². The van der Waals surface area contributed by atoms with Crippen LogP contribution in [0.15, 0.2) is 18.2 Å². The van der Waals surface area contributed by atoms with Crippen molar-refractivity contribution >= 4 is 27.5 Å². The first-order valence-electron chi connectivity index (χ1n) is 3.27. The smallest absolute Gasteiger partial charge is 0.295 e. The summed E-state index contributed by atoms with van der Waals surface area (Å²) in [5.74, 6) is 0. The summed E-state index contributed by atoms with van der Waals surface area (Å²) < 4.78 is 2.59. The molecule has 0 atom stereocenters. The van der Waals surface area contributed by atoms with Crippen molar-refractivity contribution in [3.8, 4) is 0 Å². The minimum absolute atomic E-state index is 0.106. The molecule has 64 valence electrons. The van der Waals surface area contributed by atoms with Gasteiger partial charge >= 0.3 is 0 Å². The van der Waals surface area contributed by atoms with E-state index in [1.54, 1.807) is 25.1 Å². The molecule has 0 fully saturated rings. The van der Waals surface area contributed by atoms with Gasteiger partial charge in [0, 0.05) is 21.7 Å². The predicted octanol–water partition coefficient (Wildman–Crippen LogP) is 2.63. The van der Waals surface area contributed by atoms with Gasteiger partial charge < -0.3 is 4.34 Å². The van der Waals surface area contributed by atoms with Crippen LogP contribution in [0, 0.1) is 17.0 Å². The highest BCUT2D eigenvalue weighted by Gasteiger charge is 2.15. The molecular formula is C7H7BrN2O2. The van der Waals surface area contributed by atoms with Gasteiger partial charge in [0.05, 0.1) is 4.92 Å². The van der Waals surface area contributed by atoms with Gasteiger partial charge in [-0.3, -0.25) is 10.1 Å². The van der Waals surface area contributed by atoms with E-state index in [4.69, 9.17) is 0 Å². The average Bonchev–Trinajstić information content (AvgIpc) is 2.03. The third-order valence-corrected chi connectivity index (χ3v) is 1.95. The van der Waals surface area contributed by atoms with Crippen molar-refractivity contribution in [3.63, 3.8) is 0 Å². The summed E-state index contributed by atoms with van der Waals surface area (Å²) in [6.45, 7) is 1.70. The molecule has 0 bridgehead atoms. The summed E-state index contributed by atoms with van der Waals surface area (Å²) in [7, 11) is 0. The van der Waals surface area contributed by atoms with Gasteiger partial charge in [-0.15, -0.1) is 0 Å². The van der Waals surface area contributed by atoms with Crippen molar-refractivity contribution < 1.29 is 4.92 Å². The number of halogens is 1. The predicted molar refractivity (Wildman–Crippen MR) is 50.4 cm³/mol. The Hall–Kier alpha value is -1.10. The third-order valence-electron chi connectivity index (χ3n) is 1.52. The zero-order chi connectivity index (χ0) is 9.14. The maximum atomic E-state index is 10.5. The molecule has 0 aliphatic heterocycles. The first kappa shape index (κ1) is 8.99. The SMILES string of the molecule is Cc1cccc(NBr)c1[N+](=O)[O-]. The fraction of sp³-hybridized carbons (Fsp3) is 0.143. The van der Waals surface area contributed by atoms with E-state index in [-0.39, 0.29) is 5.69 Å². The first-order chi connectivity index (χ1) is 5.66. The van der Waals surface area contributed by atoms with Crippen LogP contribution in [0.25, 0.3) is 0 Å². The number of nitro groups is 1. The number of nitrogens with zero attached hydrogens (tertiary/aromatic N) is 1. The Morgan fingerprint density at radius 3 is 2.67 bits per heavy atom. The van der Waals surface area contributed by atoms with E-state index in [2.05, 4.69) is 20.5 Å². The van der Waals surface area contributed by atoms with Crippen molar-refractivity contribution in [3.05, 3.63) is 33.9 Å². The Labute approximate surface area is 78.1 Å². The normalized spacial score (nSPS) is 9.50. The van der Waals surface area contributed by atoms with Crippen LogP contribution in [0.4, 0.5) is 11.4 Å². The molecule has 0 radical (unpaired) electrons. The Morgan fingerprint density at radius 2 is 2.25 bits per heavy atom. The lowest BCUT2D eigenvalue weighted by molar-refractivity contribution is -0.384. The molecule has 5 heteroatoms. The monoisotopic (exact) mass is 230 g/mol. The maximum Gasteiger partial charge on any atom is 0.295 e. The zero-order valence-corrected chi connectivity index (χ0v) is 7.96. The highest BCUT2D eigenvalue weighted by atomic mass is 79.9. The lowest BCUT2D eigenvalue weighted by Gasteiger charge is -2.01. The van der Waals surface area contributed by atoms with E-state index < -0.39 is 4.92 Å². The molecule has 1 N–H and O–H groups in total. The lowest BCUT2D eigenvalue weighted by Crippen LogP contribution is -1.95. The second-order valence-electron chi connectivity index (χ2n) is 2.32. The summed E-state index contributed by atoms with van der Waals surface area (Å²) in [6, 6.07) is 5.10. The van der Waals surface area contributed by atoms with Crippen LogP contribution in [-0.2, 0) is 0 Å². The third kappa shape index (κ3) is 1.55. The number of hydrogen-bond acceptors (Lipinski definition) is 3. The Balaban J connectivity index is 3.29. The van der Waals surface area contributed by atoms with Crippen LogP contribution >= 0.6 is 16.1 Å². The summed E-state index contributed by atoms with van der Waals surface area (Å²) in [5.41, 5.74) is 1.22. The number of anilines is 1. The number of benzene rings is 1. The summed E-state index contributed by atoms with van der Waals surface area (Å²) in [6.07, 6.45) is 0. The molecule has 1 aromatic rings. The van der Waals surface area contributed by atoms with Gasteiger partial charge in [-0.25, -0.2) is 0 Å². The van der Waals surface area contributed by atoms with Gasteiger partial charge in [0.1, 0.15) is 5.69 Å². The molecule has 4 nitrogen and oxygen atoms in total. The number of aryl methyl sites for hydroxylation is 1. The van der Waals surface area contributed by atoms with Gasteiger partial charge in [-0.2, -0.15) is 0 Å². The van der Waals surface area contributed by atoms with E-state index in [0.29, 0.717) is 11.3 Å². The Bertz CT molecular complexity index is 314. The molecule has 0 heterocycles. The van der Waals surface area contributed by atoms with Crippen LogP contribution < -0.4 is 4.34 Å². The number of para-hydroxylation sites is 1. The number of rotatable bonds is 2. The average molecular weight is 231 g/mol. The van der Waals surface area contributed by atoms with Crippen molar-refractivity contribution in [1.29, 1.82) is 0 Å². The number of hydrogen-bond donors (Lipinski definition) is 1. The molecule has 1 aromatic carbocycles. The molecule has 0 aliphatic rings. The second-order valence-corrected chi connectivity index (χ2v) is 2.72. The maximum absolute atomic E-state index is 10.5. The molecule has 0 aromatic heterocycles. The van der Waals surface area contributed by atoms with Crippen LogP contribution in [-0.4, -0.2) is 4.92 Å². The lowest BCUT2D eigenvalue weighted by atomic mass is 10.2. The van der Waals surface area contributed by atoms with Crippen LogP contribution in [0.3, 0.4) is 0 Å². The fourth-order valence-electron chi connectivity index (χ4n) is 0.978. The largest absolute Gasteiger partial charge is 0.317 e. The Morgan fingerprint density at radius 1 is 1.58 bits per heavy atom. The van der Waals surface area contributed by atoms with Gasteiger partial charge in [0.25, 0.3) is 5.69 Å². The molecule has 0 aliphatic carbocycles. The fourth-order valence-corrected chi connectivity index (χ4v) is 1.30. The number of nitro benzene ring substituents is 1. The Kier molecular flexibility index (Phi) is 2.65. The van der Waals surface area contributed by atoms with E-state index in [0.717, 1.165) is 0 Å². The summed E-state index contributed by atoms with van der Waals surface area (Å²) >= 11 is 2.96. The van der Waals surface area contributed by atoms with E-state index in [9.17, 15) is 10.1 Å². The molecule has 0 spiro atoms. The minimum Gasteiger partial charge on any atom is -0.317 e. The highest BCUT2D eigenvalue weighted by Crippen LogP contribution is 2.28. The van der Waals surface area contributed by atoms with E-state index >= 15 is 0 Å². The van der Waals surface area contributed by atoms with E-state index in [1.165, 1.54) is 0 Å². The van der Waals surface area contributed by atoms with Crippen LogP contribution in [0.5, 0.6) is 0 Å². The van der Waals surface area contributed by atoms with Crippen molar-refractivity contribution in [2.24, 2.45) is 0 Å². The van der Waals surface area contributed by atoms with Gasteiger partial charge in [-0.05, 0) is 13.0 Å². The molecular weight excluding hydrogens is 224 g/mol. The molecule has 12 heavy (non-hydrogen) atoms. The van der Waals surface area contributed by atoms with Gasteiger partial charge in [0.2, 0.25) is 0 Å². The van der Waals surface area contributed by atoms with Crippen molar-refractivity contribution in [2.45, 2.75) is 6.92 Å². The van der Waals surface area contributed by atoms with E-state index in [1.807, 2.05) is 0 Å². The molecule has 0 amide bonds. The molecule has 0 saturated heterocycles. The van der Waals surface area contributed by atoms with Gasteiger partial charge in [-0.1, -0.05) is 12.1 Å². The van der Waals surface area contributed by atoms with Gasteiger partial charge in [0.15, 0.2) is 0 Å². The summed E-state index contributed by atoms with van der Waals surface area (Å²) in [4.78, 5) is 10.1. The molecule has 1 rings (SSSR count). The molecule has 0 saturated carbocycles. The topological polar surface area (TPSA) is 55.2 Å². The van der Waals surface area contributed by atoms with Crippen molar-refractivity contribution in [1.82, 2.24) is 0 Å². The molecule has 0 unspecified atom stereocenters. The minimum atomic E-state index is -0.404. The standard InChI is InChI=1S/C7H7BrN2O2/c1-5-3-2-4-6(9-8)7(5)10(11)12/h2-4,9H,1H3.